The number of hydrogen-bond acceptors (Lipinski definition) is 8. The predicted molar refractivity (Wildman–Crippen MR) is 115 cm³/mol. The molecule has 0 amide bonds. The van der Waals surface area contributed by atoms with Crippen LogP contribution in [0.4, 0.5) is 0 Å². The Kier molecular flexibility index (Phi) is 11.1. The molecule has 2 radical (unpaired) electrons. The van der Waals surface area contributed by atoms with Crippen molar-refractivity contribution >= 4 is 11.9 Å². The number of hydrogen-bond donors (Lipinski definition) is 0. The highest BCUT2D eigenvalue weighted by molar-refractivity contribution is 5.90. The zero-order valence-electron chi connectivity index (χ0n) is 18.3. The van der Waals surface area contributed by atoms with Crippen molar-refractivity contribution in [3.05, 3.63) is 72.9 Å². The van der Waals surface area contributed by atoms with Gasteiger partial charge in [0.1, 0.15) is 11.5 Å². The summed E-state index contributed by atoms with van der Waals surface area (Å²) in [7, 11) is 0. The van der Waals surface area contributed by atoms with Gasteiger partial charge in [-0.05, 0) is 56.7 Å². The second-order valence-corrected chi connectivity index (χ2v) is 6.51. The summed E-state index contributed by atoms with van der Waals surface area (Å²) >= 11 is 0. The Morgan fingerprint density at radius 3 is 1.69 bits per heavy atom. The summed E-state index contributed by atoms with van der Waals surface area (Å²) in [5.41, 5.74) is 0.468. The molecule has 0 aliphatic carbocycles. The van der Waals surface area contributed by atoms with Crippen LogP contribution in [0.2, 0.25) is 0 Å². The van der Waals surface area contributed by atoms with E-state index in [1.54, 1.807) is 36.4 Å². The maximum Gasteiger partial charge on any atom is 0.373 e. The summed E-state index contributed by atoms with van der Waals surface area (Å²) in [6.45, 7) is 8.38. The van der Waals surface area contributed by atoms with Crippen LogP contribution in [0.15, 0.2) is 48.5 Å². The highest BCUT2D eigenvalue weighted by Crippen LogP contribution is 2.20. The average Bonchev–Trinajstić information content (AvgIpc) is 2.81. The van der Waals surface area contributed by atoms with E-state index in [2.05, 4.69) is 6.92 Å². The zero-order chi connectivity index (χ0) is 23.2. The third-order valence-corrected chi connectivity index (χ3v) is 4.06. The maximum atomic E-state index is 12.3. The van der Waals surface area contributed by atoms with Crippen molar-refractivity contribution in [1.82, 2.24) is 0 Å². The minimum absolute atomic E-state index is 0.165. The van der Waals surface area contributed by atoms with Gasteiger partial charge in [-0.15, -0.1) is 9.78 Å². The normalized spacial score (nSPS) is 10.6. The van der Waals surface area contributed by atoms with Crippen LogP contribution >= 0.6 is 0 Å². The first-order valence-corrected chi connectivity index (χ1v) is 10.5. The van der Waals surface area contributed by atoms with Gasteiger partial charge in [0.15, 0.2) is 0 Å². The molecule has 0 aliphatic heterocycles. The van der Waals surface area contributed by atoms with Gasteiger partial charge in [-0.1, -0.05) is 31.9 Å². The third kappa shape index (κ3) is 8.56. The van der Waals surface area contributed by atoms with Crippen LogP contribution in [0.1, 0.15) is 60.2 Å². The van der Waals surface area contributed by atoms with Crippen LogP contribution in [0.25, 0.3) is 0 Å². The molecule has 0 bridgehead atoms. The summed E-state index contributed by atoms with van der Waals surface area (Å²) in [6, 6.07) is 12.9. The predicted octanol–water partition coefficient (Wildman–Crippen LogP) is 5.24. The van der Waals surface area contributed by atoms with E-state index in [9.17, 15) is 9.59 Å². The molecule has 0 heterocycles. The first-order valence-electron chi connectivity index (χ1n) is 10.5. The summed E-state index contributed by atoms with van der Waals surface area (Å²) in [5.74, 6) is -0.441. The molecular formula is C24H28O8. The number of carbonyl (C=O) groups is 2. The van der Waals surface area contributed by atoms with E-state index in [-0.39, 0.29) is 23.8 Å². The van der Waals surface area contributed by atoms with Gasteiger partial charge >= 0.3 is 18.2 Å². The van der Waals surface area contributed by atoms with Crippen LogP contribution < -0.4 is 9.47 Å². The molecule has 32 heavy (non-hydrogen) atoms. The number of benzene rings is 2. The van der Waals surface area contributed by atoms with Crippen molar-refractivity contribution in [2.75, 3.05) is 13.2 Å². The lowest BCUT2D eigenvalue weighted by Gasteiger charge is -2.14. The second-order valence-electron chi connectivity index (χ2n) is 6.51. The number of carbonyl (C=O) groups excluding carboxylic acids is 2. The van der Waals surface area contributed by atoms with Crippen LogP contribution in [0, 0.1) is 13.2 Å². The van der Waals surface area contributed by atoms with Crippen molar-refractivity contribution in [3.63, 3.8) is 0 Å². The molecule has 0 aliphatic rings. The Morgan fingerprint density at radius 2 is 1.25 bits per heavy atom. The van der Waals surface area contributed by atoms with Crippen molar-refractivity contribution in [3.8, 4) is 11.5 Å². The molecule has 8 nitrogen and oxygen atoms in total. The second kappa shape index (κ2) is 14.1. The van der Waals surface area contributed by atoms with Crippen molar-refractivity contribution < 1.29 is 38.6 Å². The van der Waals surface area contributed by atoms with Crippen LogP contribution in [0.3, 0.4) is 0 Å². The molecule has 0 atom stereocenters. The van der Waals surface area contributed by atoms with Gasteiger partial charge in [-0.2, -0.15) is 0 Å². The largest absolute Gasteiger partial charge is 0.494 e. The first-order chi connectivity index (χ1) is 15.6. The van der Waals surface area contributed by atoms with E-state index < -0.39 is 11.9 Å². The van der Waals surface area contributed by atoms with E-state index in [1.165, 1.54) is 12.1 Å². The molecule has 2 rings (SSSR count). The zero-order valence-corrected chi connectivity index (χ0v) is 18.3. The monoisotopic (exact) mass is 444 g/mol. The van der Waals surface area contributed by atoms with Crippen molar-refractivity contribution in [2.45, 2.75) is 39.5 Å². The van der Waals surface area contributed by atoms with Crippen LogP contribution in [-0.2, 0) is 19.6 Å². The Bertz CT molecular complexity index is 786. The molecule has 0 unspecified atom stereocenters. The SMILES string of the molecule is [CH2]CCCC[C](OOC(=O)c1cccc(OCC)c1)OOC(=O)c1cccc(OCC)c1. The molecule has 172 valence electrons. The highest BCUT2D eigenvalue weighted by Gasteiger charge is 2.22. The standard InChI is InChI=1S/C24H28O8/c1-4-7-8-15-22(29-31-23(25)18-11-9-13-20(16-18)27-5-2)30-32-24(26)19-12-10-14-21(17-19)28-6-3/h9-14,16-17H,1,4-8,15H2,2-3H3. The van der Waals surface area contributed by atoms with E-state index in [0.29, 0.717) is 37.6 Å². The lowest BCUT2D eigenvalue weighted by molar-refractivity contribution is -0.363. The van der Waals surface area contributed by atoms with E-state index in [1.807, 2.05) is 13.8 Å². The Hall–Kier alpha value is -3.10. The minimum atomic E-state index is -0.749. The summed E-state index contributed by atoms with van der Waals surface area (Å²) in [4.78, 5) is 44.4. The molecule has 8 heteroatoms. The number of rotatable bonds is 14. The fraction of sp³-hybridized carbons (Fsp3) is 0.333. The van der Waals surface area contributed by atoms with E-state index in [4.69, 9.17) is 29.0 Å². The van der Waals surface area contributed by atoms with Gasteiger partial charge in [0, 0.05) is 6.42 Å². The first kappa shape index (κ1) is 25.2. The third-order valence-electron chi connectivity index (χ3n) is 4.06. The lowest BCUT2D eigenvalue weighted by Crippen LogP contribution is -2.16. The van der Waals surface area contributed by atoms with Crippen molar-refractivity contribution in [1.29, 1.82) is 0 Å². The topological polar surface area (TPSA) is 89.5 Å². The Balaban J connectivity index is 1.94. The van der Waals surface area contributed by atoms with E-state index in [0.717, 1.165) is 6.42 Å². The average molecular weight is 444 g/mol. The van der Waals surface area contributed by atoms with Crippen LogP contribution in [-0.4, -0.2) is 25.2 Å². The van der Waals surface area contributed by atoms with Crippen molar-refractivity contribution in [2.24, 2.45) is 0 Å². The van der Waals surface area contributed by atoms with Crippen LogP contribution in [0.5, 0.6) is 11.5 Å². The van der Waals surface area contributed by atoms with Gasteiger partial charge in [0.2, 0.25) is 0 Å². The summed E-state index contributed by atoms with van der Waals surface area (Å²) in [5, 5.41) is 0. The highest BCUT2D eigenvalue weighted by atomic mass is 17.3. The quantitative estimate of drug-likeness (QED) is 0.222. The van der Waals surface area contributed by atoms with Gasteiger partial charge in [0.05, 0.1) is 24.3 Å². The van der Waals surface area contributed by atoms with Gasteiger partial charge in [-0.3, -0.25) is 9.78 Å². The smallest absolute Gasteiger partial charge is 0.373 e. The molecule has 0 aromatic heterocycles. The fourth-order valence-corrected chi connectivity index (χ4v) is 2.57. The fourth-order valence-electron chi connectivity index (χ4n) is 2.57. The molecule has 2 aromatic carbocycles. The molecule has 0 N–H and O–H groups in total. The molecule has 0 saturated heterocycles. The molecular weight excluding hydrogens is 416 g/mol. The summed E-state index contributed by atoms with van der Waals surface area (Å²) in [6.07, 6.45) is 2.20. The van der Waals surface area contributed by atoms with Gasteiger partial charge in [-0.25, -0.2) is 9.59 Å². The number of unbranched alkanes of at least 4 members (excludes halogenated alkanes) is 2. The van der Waals surface area contributed by atoms with Gasteiger partial charge in [0.25, 0.3) is 0 Å². The minimum Gasteiger partial charge on any atom is -0.494 e. The molecule has 0 fully saturated rings. The number of ether oxygens (including phenoxy) is 2. The summed E-state index contributed by atoms with van der Waals surface area (Å²) < 4.78 is 10.7. The van der Waals surface area contributed by atoms with E-state index >= 15 is 0 Å². The molecule has 2 aromatic rings. The maximum absolute atomic E-state index is 12.3. The molecule has 0 saturated carbocycles. The molecule has 0 spiro atoms. The Morgan fingerprint density at radius 1 is 0.750 bits per heavy atom. The Labute approximate surface area is 188 Å². The lowest BCUT2D eigenvalue weighted by atomic mass is 10.2. The van der Waals surface area contributed by atoms with Gasteiger partial charge < -0.3 is 9.47 Å².